The van der Waals surface area contributed by atoms with Gasteiger partial charge in [0.05, 0.1) is 29.5 Å². The van der Waals surface area contributed by atoms with Crippen LogP contribution in [0.5, 0.6) is 11.5 Å². The van der Waals surface area contributed by atoms with Gasteiger partial charge in [0.1, 0.15) is 22.6 Å². The van der Waals surface area contributed by atoms with Gasteiger partial charge in [0.15, 0.2) is 5.75 Å². The second-order valence-electron chi connectivity index (χ2n) is 9.36. The summed E-state index contributed by atoms with van der Waals surface area (Å²) in [5, 5.41) is 18.2. The zero-order valence-corrected chi connectivity index (χ0v) is 20.9. The summed E-state index contributed by atoms with van der Waals surface area (Å²) in [6.45, 7) is 3.63. The molecule has 2 atom stereocenters. The number of benzene rings is 1. The molecule has 0 spiro atoms. The van der Waals surface area contributed by atoms with E-state index in [9.17, 15) is 14.7 Å². The minimum Gasteiger partial charge on any atom is -0.460 e. The molecule has 1 aromatic carbocycles. The highest BCUT2D eigenvalue weighted by Gasteiger charge is 2.31. The van der Waals surface area contributed by atoms with Gasteiger partial charge in [0.25, 0.3) is 11.8 Å². The van der Waals surface area contributed by atoms with Crippen LogP contribution in [0.2, 0.25) is 0 Å². The summed E-state index contributed by atoms with van der Waals surface area (Å²) in [6, 6.07) is 6.88. The van der Waals surface area contributed by atoms with Crippen LogP contribution in [0.25, 0.3) is 16.5 Å². The maximum atomic E-state index is 13.4. The van der Waals surface area contributed by atoms with Crippen LogP contribution in [0.4, 0.5) is 0 Å². The van der Waals surface area contributed by atoms with Crippen LogP contribution in [0.3, 0.4) is 0 Å². The van der Waals surface area contributed by atoms with Crippen molar-refractivity contribution in [3.63, 3.8) is 0 Å². The molecule has 2 amide bonds. The maximum absolute atomic E-state index is 13.4. The van der Waals surface area contributed by atoms with Gasteiger partial charge in [-0.2, -0.15) is 5.10 Å². The molecule has 9 heteroatoms. The number of hydrogen-bond donors (Lipinski definition) is 2. The molecule has 1 saturated carbocycles. The molecule has 0 aliphatic heterocycles. The number of fused-ring (bicyclic) bond motifs is 2. The average molecular weight is 491 g/mol. The predicted molar refractivity (Wildman–Crippen MR) is 135 cm³/mol. The summed E-state index contributed by atoms with van der Waals surface area (Å²) in [5.41, 5.74) is 3.00. The van der Waals surface area contributed by atoms with E-state index >= 15 is 0 Å². The van der Waals surface area contributed by atoms with Gasteiger partial charge in [-0.05, 0) is 44.4 Å². The van der Waals surface area contributed by atoms with Crippen LogP contribution in [0.1, 0.15) is 57.7 Å². The molecule has 1 aliphatic carbocycles. The summed E-state index contributed by atoms with van der Waals surface area (Å²) in [5.74, 6) is 1.25. The quantitative estimate of drug-likeness (QED) is 0.433. The molecule has 0 radical (unpaired) electrons. The van der Waals surface area contributed by atoms with Crippen molar-refractivity contribution >= 4 is 28.3 Å². The Morgan fingerprint density at radius 1 is 1.22 bits per heavy atom. The zero-order valence-electron chi connectivity index (χ0n) is 20.9. The largest absolute Gasteiger partial charge is 0.460 e. The first-order valence-electron chi connectivity index (χ1n) is 12.2. The Morgan fingerprint density at radius 3 is 2.75 bits per heavy atom. The third-order valence-electron chi connectivity index (χ3n) is 7.15. The number of amides is 2. The lowest BCUT2D eigenvalue weighted by molar-refractivity contribution is 0.0267. The van der Waals surface area contributed by atoms with Crippen molar-refractivity contribution in [1.82, 2.24) is 19.8 Å². The van der Waals surface area contributed by atoms with E-state index in [1.54, 1.807) is 67.1 Å². The van der Waals surface area contributed by atoms with Gasteiger partial charge in [0.2, 0.25) is 0 Å². The molecule has 4 aromatic rings. The number of aromatic nitrogens is 2. The second-order valence-corrected chi connectivity index (χ2v) is 9.36. The van der Waals surface area contributed by atoms with E-state index < -0.39 is 6.10 Å². The number of carbonyl (C=O) groups is 2. The number of aliphatic hydroxyl groups excluding tert-OH is 1. The molecule has 0 bridgehead atoms. The average Bonchev–Trinajstić information content (AvgIpc) is 3.39. The fraction of sp³-hybridized carbons (Fsp3) is 0.370. The Hall–Kier alpha value is -3.85. The number of hydrogen-bond acceptors (Lipinski definition) is 6. The number of nitrogens with one attached hydrogen (secondary N) is 1. The van der Waals surface area contributed by atoms with Crippen molar-refractivity contribution in [2.24, 2.45) is 0 Å². The molecule has 2 N–H and O–H groups in total. The monoisotopic (exact) mass is 490 g/mol. The molecule has 36 heavy (non-hydrogen) atoms. The highest BCUT2D eigenvalue weighted by atomic mass is 16.5. The summed E-state index contributed by atoms with van der Waals surface area (Å²) in [6.07, 6.45) is 6.30. The Labute approximate surface area is 208 Å². The van der Waals surface area contributed by atoms with Crippen molar-refractivity contribution in [1.29, 1.82) is 0 Å². The van der Waals surface area contributed by atoms with Gasteiger partial charge in [-0.1, -0.05) is 12.8 Å². The Balaban J connectivity index is 1.47. The van der Waals surface area contributed by atoms with E-state index in [4.69, 9.17) is 9.15 Å². The molecule has 1 fully saturated rings. The van der Waals surface area contributed by atoms with Crippen molar-refractivity contribution in [3.8, 4) is 11.5 Å². The normalized spacial score (nSPS) is 17.9. The second kappa shape index (κ2) is 9.31. The molecular weight excluding hydrogens is 460 g/mol. The van der Waals surface area contributed by atoms with Gasteiger partial charge in [-0.15, -0.1) is 0 Å². The van der Waals surface area contributed by atoms with Crippen molar-refractivity contribution in [2.75, 3.05) is 14.1 Å². The number of furan rings is 1. The molecular formula is C27H30N4O5. The van der Waals surface area contributed by atoms with Crippen molar-refractivity contribution in [2.45, 2.75) is 51.7 Å². The molecule has 188 valence electrons. The first-order chi connectivity index (χ1) is 17.3. The topological polar surface area (TPSA) is 109 Å². The number of aryl methyl sites for hydroxylation is 2. The van der Waals surface area contributed by atoms with E-state index in [-0.39, 0.29) is 17.9 Å². The third kappa shape index (κ3) is 3.99. The fourth-order valence-electron chi connectivity index (χ4n) is 5.20. The first kappa shape index (κ1) is 23.9. The van der Waals surface area contributed by atoms with Crippen LogP contribution in [0.15, 0.2) is 41.1 Å². The summed E-state index contributed by atoms with van der Waals surface area (Å²) >= 11 is 0. The summed E-state index contributed by atoms with van der Waals surface area (Å²) in [4.78, 5) is 27.3. The standard InChI is InChI=1S/C27H30N4O5/c1-15-19(27(34)30(4)20-7-5-6-8-21(20)32)14-31-25(15)22(11-12-29-31)36-17-9-10-18-23(13-17)35-16(2)24(18)26(33)28-3/h9-14,20-21,32H,5-8H2,1-4H3,(H,28,33)/t20-,21+/m0/s1. The number of carbonyl (C=O) groups excluding carboxylic acids is 2. The highest BCUT2D eigenvalue weighted by molar-refractivity contribution is 6.07. The molecule has 3 aromatic heterocycles. The van der Waals surface area contributed by atoms with E-state index in [1.165, 1.54) is 0 Å². The number of nitrogens with zero attached hydrogens (tertiary/aromatic N) is 3. The molecule has 3 heterocycles. The van der Waals surface area contributed by atoms with Crippen molar-refractivity contribution < 1.29 is 23.8 Å². The van der Waals surface area contributed by atoms with Gasteiger partial charge in [-0.25, -0.2) is 4.52 Å². The number of likely N-dealkylation sites (N-methyl/N-ethyl adjacent to an activating group) is 1. The summed E-state index contributed by atoms with van der Waals surface area (Å²) < 4.78 is 13.7. The van der Waals surface area contributed by atoms with Crippen LogP contribution in [-0.2, 0) is 0 Å². The van der Waals surface area contributed by atoms with Crippen LogP contribution < -0.4 is 10.1 Å². The third-order valence-corrected chi connectivity index (χ3v) is 7.15. The Bertz CT molecular complexity index is 1470. The summed E-state index contributed by atoms with van der Waals surface area (Å²) in [7, 11) is 3.34. The zero-order chi connectivity index (χ0) is 25.6. The van der Waals surface area contributed by atoms with Crippen LogP contribution in [-0.4, -0.2) is 57.7 Å². The van der Waals surface area contributed by atoms with E-state index in [0.717, 1.165) is 24.8 Å². The lowest BCUT2D eigenvalue weighted by Gasteiger charge is -2.35. The molecule has 5 rings (SSSR count). The maximum Gasteiger partial charge on any atom is 0.255 e. The van der Waals surface area contributed by atoms with Crippen molar-refractivity contribution in [3.05, 3.63) is 59.1 Å². The van der Waals surface area contributed by atoms with Gasteiger partial charge < -0.3 is 24.5 Å². The van der Waals surface area contributed by atoms with Gasteiger partial charge in [-0.3, -0.25) is 9.59 Å². The van der Waals surface area contributed by atoms with E-state index in [0.29, 0.717) is 51.3 Å². The van der Waals surface area contributed by atoms with Gasteiger partial charge >= 0.3 is 0 Å². The first-order valence-corrected chi connectivity index (χ1v) is 12.2. The lowest BCUT2D eigenvalue weighted by atomic mass is 9.91. The van der Waals surface area contributed by atoms with Gasteiger partial charge in [0, 0.05) is 37.8 Å². The molecule has 1 aliphatic rings. The predicted octanol–water partition coefficient (Wildman–Crippen LogP) is 4.22. The number of rotatable bonds is 5. The minimum absolute atomic E-state index is 0.149. The Kier molecular flexibility index (Phi) is 6.17. The molecule has 0 unspecified atom stereocenters. The van der Waals surface area contributed by atoms with Crippen LogP contribution >= 0.6 is 0 Å². The molecule has 9 nitrogen and oxygen atoms in total. The minimum atomic E-state index is -0.508. The van der Waals surface area contributed by atoms with E-state index in [1.807, 2.05) is 6.92 Å². The smallest absolute Gasteiger partial charge is 0.255 e. The SMILES string of the molecule is CNC(=O)c1c(C)oc2cc(Oc3ccnn4cc(C(=O)N(C)[C@H]5CCCC[C@H]5O)c(C)c34)ccc12. The van der Waals surface area contributed by atoms with E-state index in [2.05, 4.69) is 10.4 Å². The molecule has 0 saturated heterocycles. The lowest BCUT2D eigenvalue weighted by Crippen LogP contribution is -2.46. The Morgan fingerprint density at radius 2 is 2.00 bits per heavy atom. The van der Waals surface area contributed by atoms with Crippen LogP contribution in [0, 0.1) is 13.8 Å². The number of ether oxygens (including phenoxy) is 1. The number of aliphatic hydroxyl groups is 1. The highest BCUT2D eigenvalue weighted by Crippen LogP contribution is 2.34. The fourth-order valence-corrected chi connectivity index (χ4v) is 5.20.